The van der Waals surface area contributed by atoms with Gasteiger partial charge in [0.15, 0.2) is 0 Å². The molecule has 4 nitrogen and oxygen atoms in total. The molecular formula is C21H34ClO4P. The van der Waals surface area contributed by atoms with E-state index in [1.54, 1.807) is 0 Å². The first-order chi connectivity index (χ1) is 13.0. The van der Waals surface area contributed by atoms with Gasteiger partial charge in [-0.15, -0.1) is 0 Å². The molecule has 1 aliphatic rings. The smallest absolute Gasteiger partial charge is 0.327 e. The Kier molecular flexibility index (Phi) is 9.82. The van der Waals surface area contributed by atoms with Gasteiger partial charge in [0.05, 0.1) is 18.2 Å². The lowest BCUT2D eigenvalue weighted by atomic mass is 9.90. The van der Waals surface area contributed by atoms with Gasteiger partial charge in [-0.1, -0.05) is 51.3 Å². The average Bonchev–Trinajstić information content (AvgIpc) is 3.12. The van der Waals surface area contributed by atoms with Crippen LogP contribution in [0.1, 0.15) is 88.7 Å². The molecule has 3 atom stereocenters. The van der Waals surface area contributed by atoms with Crippen molar-refractivity contribution in [1.29, 1.82) is 0 Å². The number of unbranched alkanes of at least 4 members (excludes halogenated alkanes) is 2. The number of hydrogen-bond acceptors (Lipinski definition) is 4. The number of benzene rings is 1. The molecule has 0 spiro atoms. The second kappa shape index (κ2) is 11.6. The molecule has 154 valence electrons. The molecule has 27 heavy (non-hydrogen) atoms. The zero-order chi connectivity index (χ0) is 19.8. The van der Waals surface area contributed by atoms with E-state index in [9.17, 15) is 0 Å². The van der Waals surface area contributed by atoms with E-state index in [0.29, 0.717) is 36.0 Å². The van der Waals surface area contributed by atoms with Crippen molar-refractivity contribution in [1.82, 2.24) is 0 Å². The minimum Gasteiger partial charge on any atom is -0.492 e. The van der Waals surface area contributed by atoms with E-state index >= 15 is 0 Å². The maximum atomic E-state index is 8.96. The van der Waals surface area contributed by atoms with Gasteiger partial charge < -0.3 is 19.0 Å². The molecule has 1 fully saturated rings. The molecule has 0 amide bonds. The maximum absolute atomic E-state index is 8.96. The summed E-state index contributed by atoms with van der Waals surface area (Å²) in [5, 5.41) is 0.716. The first-order valence-corrected chi connectivity index (χ1v) is 11.8. The van der Waals surface area contributed by atoms with Gasteiger partial charge >= 0.3 is 8.60 Å². The van der Waals surface area contributed by atoms with Crippen molar-refractivity contribution in [2.24, 2.45) is 5.92 Å². The summed E-state index contributed by atoms with van der Waals surface area (Å²) in [7, 11) is -2.26. The van der Waals surface area contributed by atoms with Gasteiger partial charge in [0.2, 0.25) is 0 Å². The Hall–Kier alpha value is -0.380. The van der Waals surface area contributed by atoms with Gasteiger partial charge in [-0.05, 0) is 67.1 Å². The van der Waals surface area contributed by atoms with Gasteiger partial charge in [0.25, 0.3) is 0 Å². The third kappa shape index (κ3) is 6.87. The highest BCUT2D eigenvalue weighted by Gasteiger charge is 2.28. The van der Waals surface area contributed by atoms with E-state index in [1.165, 1.54) is 24.0 Å². The van der Waals surface area contributed by atoms with Crippen LogP contribution < -0.4 is 4.74 Å². The van der Waals surface area contributed by atoms with Crippen molar-refractivity contribution in [2.75, 3.05) is 13.2 Å². The minimum atomic E-state index is -2.26. The first-order valence-electron chi connectivity index (χ1n) is 10.2. The normalized spacial score (nSPS) is 21.0. The number of ether oxygens (including phenoxy) is 1. The molecule has 2 unspecified atom stereocenters. The minimum absolute atomic E-state index is 0.370. The van der Waals surface area contributed by atoms with Crippen LogP contribution in [0.2, 0.25) is 5.02 Å². The van der Waals surface area contributed by atoms with Gasteiger partial charge in [-0.2, -0.15) is 0 Å². The summed E-state index contributed by atoms with van der Waals surface area (Å²) in [5.74, 6) is 2.07. The van der Waals surface area contributed by atoms with Crippen LogP contribution in [0.15, 0.2) is 12.1 Å². The van der Waals surface area contributed by atoms with E-state index in [0.717, 1.165) is 37.9 Å². The fourth-order valence-corrected chi connectivity index (χ4v) is 4.47. The summed E-state index contributed by atoms with van der Waals surface area (Å²) >= 11 is 6.65. The Bertz CT molecular complexity index is 582. The lowest BCUT2D eigenvalue weighted by Crippen LogP contribution is -2.06. The van der Waals surface area contributed by atoms with Crippen LogP contribution in [-0.2, 0) is 4.52 Å². The van der Waals surface area contributed by atoms with Crippen molar-refractivity contribution in [2.45, 2.75) is 77.6 Å². The van der Waals surface area contributed by atoms with Gasteiger partial charge in [0, 0.05) is 0 Å². The Balaban J connectivity index is 2.12. The predicted molar refractivity (Wildman–Crippen MR) is 113 cm³/mol. The van der Waals surface area contributed by atoms with Gasteiger partial charge in [0.1, 0.15) is 5.75 Å². The van der Waals surface area contributed by atoms with Crippen molar-refractivity contribution in [3.05, 3.63) is 28.3 Å². The summed E-state index contributed by atoms with van der Waals surface area (Å²) < 4.78 is 11.1. The van der Waals surface area contributed by atoms with Crippen LogP contribution in [0.4, 0.5) is 0 Å². The Morgan fingerprint density at radius 1 is 1.22 bits per heavy atom. The molecule has 2 N–H and O–H groups in total. The van der Waals surface area contributed by atoms with E-state index in [1.807, 2.05) is 0 Å². The van der Waals surface area contributed by atoms with Crippen molar-refractivity contribution < 1.29 is 19.0 Å². The Morgan fingerprint density at radius 2 is 2.00 bits per heavy atom. The number of hydrogen-bond donors (Lipinski definition) is 2. The summed E-state index contributed by atoms with van der Waals surface area (Å²) in [6, 6.07) is 4.36. The zero-order valence-electron chi connectivity index (χ0n) is 16.8. The predicted octanol–water partition coefficient (Wildman–Crippen LogP) is 6.53. The Morgan fingerprint density at radius 3 is 2.67 bits per heavy atom. The molecule has 1 aliphatic carbocycles. The fourth-order valence-electron chi connectivity index (χ4n) is 3.84. The summed E-state index contributed by atoms with van der Waals surface area (Å²) in [6.07, 6.45) is 7.56. The Labute approximate surface area is 170 Å². The second-order valence-corrected chi connectivity index (χ2v) is 8.88. The van der Waals surface area contributed by atoms with E-state index in [2.05, 4.69) is 32.9 Å². The highest BCUT2D eigenvalue weighted by molar-refractivity contribution is 7.39. The quantitative estimate of drug-likeness (QED) is 0.318. The maximum Gasteiger partial charge on any atom is 0.327 e. The molecule has 1 aromatic carbocycles. The molecule has 1 aromatic rings. The monoisotopic (exact) mass is 416 g/mol. The number of rotatable bonds is 11. The lowest BCUT2D eigenvalue weighted by molar-refractivity contribution is 0.212. The van der Waals surface area contributed by atoms with E-state index in [4.69, 9.17) is 30.6 Å². The molecule has 1 saturated carbocycles. The molecule has 0 heterocycles. The molecule has 0 aliphatic heterocycles. The molecule has 0 saturated heterocycles. The third-order valence-electron chi connectivity index (χ3n) is 5.67. The van der Waals surface area contributed by atoms with Gasteiger partial charge in [-0.3, -0.25) is 0 Å². The number of halogens is 1. The van der Waals surface area contributed by atoms with Crippen molar-refractivity contribution in [3.63, 3.8) is 0 Å². The van der Waals surface area contributed by atoms with Crippen molar-refractivity contribution >= 4 is 20.2 Å². The SMILES string of the molecule is CCCCCOc1c(Cl)cc([C@H]2CCC(COP(O)O)C2)cc1C(C)CC. The standard InChI is InChI=1S/C21H34ClO4P/c1-4-6-7-10-25-21-19(15(3)5-2)12-18(13-20(21)22)17-9-8-16(11-17)14-26-27(23)24/h12-13,15-17,23-24H,4-11,14H2,1-3H3/t15?,16?,17-/m0/s1. The fraction of sp³-hybridized carbons (Fsp3) is 0.714. The van der Waals surface area contributed by atoms with Crippen LogP contribution in [0.5, 0.6) is 5.75 Å². The molecule has 6 heteroatoms. The zero-order valence-corrected chi connectivity index (χ0v) is 18.4. The molecule has 0 aromatic heterocycles. The summed E-state index contributed by atoms with van der Waals surface area (Å²) in [5.41, 5.74) is 2.49. The average molecular weight is 417 g/mol. The molecule has 0 radical (unpaired) electrons. The highest BCUT2D eigenvalue weighted by atomic mass is 35.5. The largest absolute Gasteiger partial charge is 0.492 e. The van der Waals surface area contributed by atoms with Crippen LogP contribution in [0.3, 0.4) is 0 Å². The second-order valence-electron chi connectivity index (χ2n) is 7.71. The summed E-state index contributed by atoms with van der Waals surface area (Å²) in [4.78, 5) is 17.9. The summed E-state index contributed by atoms with van der Waals surface area (Å²) in [6.45, 7) is 7.74. The third-order valence-corrected chi connectivity index (χ3v) is 6.33. The molecule has 0 bridgehead atoms. The van der Waals surface area contributed by atoms with Crippen molar-refractivity contribution in [3.8, 4) is 5.75 Å². The van der Waals surface area contributed by atoms with Crippen LogP contribution >= 0.6 is 20.2 Å². The highest BCUT2D eigenvalue weighted by Crippen LogP contribution is 2.44. The van der Waals surface area contributed by atoms with Crippen LogP contribution in [0.25, 0.3) is 0 Å². The van der Waals surface area contributed by atoms with Crippen LogP contribution in [0, 0.1) is 5.92 Å². The van der Waals surface area contributed by atoms with Gasteiger partial charge in [-0.25, -0.2) is 0 Å². The first kappa shape index (κ1) is 22.9. The van der Waals surface area contributed by atoms with Crippen LogP contribution in [-0.4, -0.2) is 23.0 Å². The van der Waals surface area contributed by atoms with E-state index < -0.39 is 8.60 Å². The molecular weight excluding hydrogens is 383 g/mol. The molecule has 2 rings (SSSR count). The lowest BCUT2D eigenvalue weighted by Gasteiger charge is -2.21. The van der Waals surface area contributed by atoms with E-state index in [-0.39, 0.29) is 0 Å². The topological polar surface area (TPSA) is 58.9 Å².